The van der Waals surface area contributed by atoms with Crippen molar-refractivity contribution in [3.8, 4) is 0 Å². The molecule has 0 radical (unpaired) electrons. The van der Waals surface area contributed by atoms with Crippen LogP contribution < -0.4 is 0 Å². The second kappa shape index (κ2) is 6.68. The molecule has 20 heavy (non-hydrogen) atoms. The number of hydrogen-bond acceptors (Lipinski definition) is 1. The highest BCUT2D eigenvalue weighted by molar-refractivity contribution is 6.35. The number of rotatable bonds is 5. The van der Waals surface area contributed by atoms with Gasteiger partial charge in [-0.3, -0.25) is 0 Å². The molecule has 3 heteroatoms. The van der Waals surface area contributed by atoms with E-state index in [0.29, 0.717) is 22.4 Å². The van der Waals surface area contributed by atoms with Crippen LogP contribution in [0.3, 0.4) is 0 Å². The Morgan fingerprint density at radius 2 is 1.85 bits per heavy atom. The maximum Gasteiger partial charge on any atom is 0.0637 e. The van der Waals surface area contributed by atoms with Gasteiger partial charge in [0.15, 0.2) is 0 Å². The molecule has 1 fully saturated rings. The van der Waals surface area contributed by atoms with E-state index in [1.165, 1.54) is 12.8 Å². The molecular formula is C17H24Cl2O. The highest BCUT2D eigenvalue weighted by Gasteiger charge is 2.40. The lowest BCUT2D eigenvalue weighted by Gasteiger charge is -2.36. The van der Waals surface area contributed by atoms with Gasteiger partial charge in [0, 0.05) is 16.5 Å². The van der Waals surface area contributed by atoms with Gasteiger partial charge in [-0.2, -0.15) is 0 Å². The molecule has 0 spiro atoms. The molecule has 1 nitrogen and oxygen atoms in total. The molecule has 1 aromatic carbocycles. The first-order valence-electron chi connectivity index (χ1n) is 7.55. The van der Waals surface area contributed by atoms with Crippen molar-refractivity contribution in [2.75, 3.05) is 0 Å². The summed E-state index contributed by atoms with van der Waals surface area (Å²) >= 11 is 12.2. The number of halogens is 2. The van der Waals surface area contributed by atoms with Crippen molar-refractivity contribution in [1.29, 1.82) is 0 Å². The zero-order chi connectivity index (χ0) is 14.8. The average Bonchev–Trinajstić information content (AvgIpc) is 2.81. The quantitative estimate of drug-likeness (QED) is 0.760. The molecule has 1 aromatic rings. The summed E-state index contributed by atoms with van der Waals surface area (Å²) in [6.45, 7) is 4.48. The van der Waals surface area contributed by atoms with E-state index < -0.39 is 0 Å². The Labute approximate surface area is 132 Å². The Bertz CT molecular complexity index is 450. The molecule has 0 saturated heterocycles. The molecule has 1 unspecified atom stereocenters. The van der Waals surface area contributed by atoms with Crippen LogP contribution in [0.5, 0.6) is 0 Å². The minimum atomic E-state index is -0.314. The summed E-state index contributed by atoms with van der Waals surface area (Å²) < 4.78 is 0. The summed E-state index contributed by atoms with van der Waals surface area (Å²) in [4.78, 5) is 0. The van der Waals surface area contributed by atoms with Crippen LogP contribution >= 0.6 is 23.2 Å². The topological polar surface area (TPSA) is 20.2 Å². The smallest absolute Gasteiger partial charge is 0.0637 e. The van der Waals surface area contributed by atoms with Gasteiger partial charge in [-0.25, -0.2) is 0 Å². The van der Waals surface area contributed by atoms with Crippen molar-refractivity contribution in [2.24, 2.45) is 11.3 Å². The van der Waals surface area contributed by atoms with Crippen molar-refractivity contribution < 1.29 is 5.11 Å². The van der Waals surface area contributed by atoms with Crippen molar-refractivity contribution in [2.45, 2.75) is 58.5 Å². The average molecular weight is 315 g/mol. The van der Waals surface area contributed by atoms with Crippen LogP contribution in [0.4, 0.5) is 0 Å². The Hall–Kier alpha value is -0.240. The first-order valence-corrected chi connectivity index (χ1v) is 8.30. The Kier molecular flexibility index (Phi) is 5.39. The fourth-order valence-corrected chi connectivity index (χ4v) is 4.16. The summed E-state index contributed by atoms with van der Waals surface area (Å²) in [5.74, 6) is 0.614. The molecule has 0 bridgehead atoms. The largest absolute Gasteiger partial charge is 0.392 e. The first kappa shape index (κ1) is 16.1. The van der Waals surface area contributed by atoms with E-state index in [4.69, 9.17) is 23.2 Å². The molecular weight excluding hydrogens is 291 g/mol. The maximum absolute atomic E-state index is 10.8. The predicted octanol–water partition coefficient (Wildman–Crippen LogP) is 5.50. The molecule has 0 aromatic heterocycles. The van der Waals surface area contributed by atoms with E-state index in [0.717, 1.165) is 24.8 Å². The third kappa shape index (κ3) is 3.69. The van der Waals surface area contributed by atoms with Crippen LogP contribution in [0, 0.1) is 11.3 Å². The molecule has 1 atom stereocenters. The molecule has 1 aliphatic rings. The normalized spacial score (nSPS) is 19.5. The van der Waals surface area contributed by atoms with E-state index in [-0.39, 0.29) is 11.5 Å². The first-order chi connectivity index (χ1) is 9.43. The van der Waals surface area contributed by atoms with Crippen LogP contribution in [-0.2, 0) is 6.42 Å². The van der Waals surface area contributed by atoms with Gasteiger partial charge in [-0.1, -0.05) is 56.0 Å². The lowest BCUT2D eigenvalue weighted by Crippen LogP contribution is -2.35. The molecule has 1 aliphatic carbocycles. The van der Waals surface area contributed by atoms with E-state index in [2.05, 4.69) is 13.8 Å². The molecule has 2 rings (SSSR count). The van der Waals surface area contributed by atoms with Gasteiger partial charge in [0.1, 0.15) is 0 Å². The van der Waals surface area contributed by atoms with Crippen molar-refractivity contribution >= 4 is 23.2 Å². The van der Waals surface area contributed by atoms with Gasteiger partial charge in [-0.15, -0.1) is 0 Å². The van der Waals surface area contributed by atoms with Crippen molar-refractivity contribution in [3.63, 3.8) is 0 Å². The summed E-state index contributed by atoms with van der Waals surface area (Å²) in [7, 11) is 0. The second-order valence-corrected chi connectivity index (χ2v) is 7.47. The van der Waals surface area contributed by atoms with Crippen LogP contribution in [0.1, 0.15) is 51.5 Å². The minimum Gasteiger partial charge on any atom is -0.392 e. The highest BCUT2D eigenvalue weighted by atomic mass is 35.5. The van der Waals surface area contributed by atoms with Crippen LogP contribution in [0.2, 0.25) is 10.0 Å². The van der Waals surface area contributed by atoms with Gasteiger partial charge in [-0.05, 0) is 48.3 Å². The Morgan fingerprint density at radius 3 is 2.40 bits per heavy atom. The predicted molar refractivity (Wildman–Crippen MR) is 86.5 cm³/mol. The summed E-state index contributed by atoms with van der Waals surface area (Å²) in [5, 5.41) is 12.1. The fraction of sp³-hybridized carbons (Fsp3) is 0.647. The molecule has 0 amide bonds. The number of hydrogen-bond donors (Lipinski definition) is 1. The lowest BCUT2D eigenvalue weighted by atomic mass is 9.72. The third-order valence-corrected chi connectivity index (χ3v) is 5.14. The molecule has 112 valence electrons. The molecule has 1 saturated carbocycles. The van der Waals surface area contributed by atoms with Crippen LogP contribution in [0.25, 0.3) is 0 Å². The zero-order valence-electron chi connectivity index (χ0n) is 12.3. The highest BCUT2D eigenvalue weighted by Crippen LogP contribution is 2.47. The summed E-state index contributed by atoms with van der Waals surface area (Å²) in [6, 6.07) is 5.54. The molecule has 0 aliphatic heterocycles. The van der Waals surface area contributed by atoms with Gasteiger partial charge >= 0.3 is 0 Å². The standard InChI is InChI=1S/C17H24Cl2O/c1-12(2)11-17(7-3-4-8-17)16(20)9-13-5-6-14(18)10-15(13)19/h5-6,10,12,16,20H,3-4,7-9,11H2,1-2H3. The van der Waals surface area contributed by atoms with Gasteiger partial charge < -0.3 is 5.11 Å². The van der Waals surface area contributed by atoms with E-state index in [9.17, 15) is 5.11 Å². The van der Waals surface area contributed by atoms with Gasteiger partial charge in [0.25, 0.3) is 0 Å². The summed E-state index contributed by atoms with van der Waals surface area (Å²) in [6.07, 6.45) is 6.15. The SMILES string of the molecule is CC(C)CC1(C(O)Cc2ccc(Cl)cc2Cl)CCCC1. The van der Waals surface area contributed by atoms with E-state index >= 15 is 0 Å². The second-order valence-electron chi connectivity index (χ2n) is 6.62. The van der Waals surface area contributed by atoms with Crippen molar-refractivity contribution in [3.05, 3.63) is 33.8 Å². The minimum absolute atomic E-state index is 0.0805. The summed E-state index contributed by atoms with van der Waals surface area (Å²) in [5.41, 5.74) is 1.08. The maximum atomic E-state index is 10.8. The zero-order valence-corrected chi connectivity index (χ0v) is 13.8. The van der Waals surface area contributed by atoms with Crippen molar-refractivity contribution in [1.82, 2.24) is 0 Å². The monoisotopic (exact) mass is 314 g/mol. The van der Waals surface area contributed by atoms with Crippen LogP contribution in [0.15, 0.2) is 18.2 Å². The Morgan fingerprint density at radius 1 is 1.20 bits per heavy atom. The third-order valence-electron chi connectivity index (χ3n) is 4.55. The van der Waals surface area contributed by atoms with E-state index in [1.807, 2.05) is 12.1 Å². The Balaban J connectivity index is 2.14. The molecule has 0 heterocycles. The number of benzene rings is 1. The van der Waals surface area contributed by atoms with Gasteiger partial charge in [0.2, 0.25) is 0 Å². The van der Waals surface area contributed by atoms with Gasteiger partial charge in [0.05, 0.1) is 6.10 Å². The van der Waals surface area contributed by atoms with Crippen LogP contribution in [-0.4, -0.2) is 11.2 Å². The van der Waals surface area contributed by atoms with E-state index in [1.54, 1.807) is 6.07 Å². The number of aliphatic hydroxyl groups excluding tert-OH is 1. The molecule has 1 N–H and O–H groups in total. The lowest BCUT2D eigenvalue weighted by molar-refractivity contribution is 0.0134. The fourth-order valence-electron chi connectivity index (χ4n) is 3.68. The number of aliphatic hydroxyl groups is 1.